The van der Waals surface area contributed by atoms with Crippen molar-refractivity contribution >= 4 is 54.4 Å². The number of nitrogens with zero attached hydrogens (tertiary/aromatic N) is 3. The van der Waals surface area contributed by atoms with E-state index in [4.69, 9.17) is 28.4 Å². The number of benzene rings is 3. The molecule has 3 saturated heterocycles. The van der Waals surface area contributed by atoms with Crippen LogP contribution in [0.15, 0.2) is 146 Å². The smallest absolute Gasteiger partial charge is 0.407 e. The zero-order valence-corrected chi connectivity index (χ0v) is 62.2. The molecule has 15 rings (SSSR count). The molecule has 21 atom stereocenters. The molecule has 9 aliphatic rings. The van der Waals surface area contributed by atoms with Crippen LogP contribution in [0.3, 0.4) is 0 Å². The van der Waals surface area contributed by atoms with Crippen molar-refractivity contribution in [3.63, 3.8) is 0 Å². The fraction of sp³-hybridized carbons (Fsp3) is 0.483. The van der Waals surface area contributed by atoms with E-state index in [-0.39, 0.29) is 143 Å². The molecule has 6 heterocycles. The number of hydrogen-bond donors (Lipinski definition) is 3. The van der Waals surface area contributed by atoms with Crippen molar-refractivity contribution in [1.82, 2.24) is 30.9 Å². The lowest BCUT2D eigenvalue weighted by Crippen LogP contribution is -2.48. The van der Waals surface area contributed by atoms with Crippen molar-refractivity contribution in [1.29, 1.82) is 0 Å². The van der Waals surface area contributed by atoms with Crippen molar-refractivity contribution in [2.45, 2.75) is 155 Å². The molecule has 6 aromatic rings. The molecular formula is C87H99F3N6O12. The van der Waals surface area contributed by atoms with Gasteiger partial charge in [-0.15, -0.1) is 0 Å². The maximum atomic E-state index is 13.6. The summed E-state index contributed by atoms with van der Waals surface area (Å²) in [5.41, 5.74) is 7.43. The molecule has 18 nitrogen and oxygen atoms in total. The number of carbonyl (C=O) groups excluding carboxylic acids is 6. The van der Waals surface area contributed by atoms with Gasteiger partial charge in [0.1, 0.15) is 35.8 Å². The van der Waals surface area contributed by atoms with Crippen LogP contribution >= 0.6 is 0 Å². The molecule has 3 amide bonds. The minimum atomic E-state index is -0.368. The minimum Gasteiger partial charge on any atom is -0.462 e. The van der Waals surface area contributed by atoms with E-state index in [1.807, 2.05) is 93.6 Å². The molecule has 3 aromatic carbocycles. The fourth-order valence-corrected chi connectivity index (χ4v) is 19.9. The first-order chi connectivity index (χ1) is 52.3. The fourth-order valence-electron chi connectivity index (χ4n) is 19.9. The van der Waals surface area contributed by atoms with Gasteiger partial charge in [-0.3, -0.25) is 29.3 Å². The van der Waals surface area contributed by atoms with Crippen LogP contribution < -0.4 is 16.0 Å². The van der Waals surface area contributed by atoms with Crippen molar-refractivity contribution in [3.8, 4) is 33.4 Å². The summed E-state index contributed by atoms with van der Waals surface area (Å²) in [5, 5.41) is 9.00. The Bertz CT molecular complexity index is 3830. The Hall–Kier alpha value is -9.66. The molecule has 3 aromatic heterocycles. The molecule has 0 bridgehead atoms. The number of hydrogen-bond acceptors (Lipinski definition) is 15. The number of amides is 3. The quantitative estimate of drug-likeness (QED) is 0.0641. The summed E-state index contributed by atoms with van der Waals surface area (Å²) in [6.45, 7) is 12.5. The van der Waals surface area contributed by atoms with E-state index in [9.17, 15) is 41.9 Å². The van der Waals surface area contributed by atoms with Crippen molar-refractivity contribution in [3.05, 3.63) is 181 Å². The lowest BCUT2D eigenvalue weighted by atomic mass is 9.57. The summed E-state index contributed by atoms with van der Waals surface area (Å²) in [4.78, 5) is 87.7. The topological polar surface area (TPSA) is 233 Å². The number of nitrogens with one attached hydrogen (secondary N) is 3. The van der Waals surface area contributed by atoms with Crippen molar-refractivity contribution in [2.24, 2.45) is 88.8 Å². The normalized spacial score (nSPS) is 31.4. The van der Waals surface area contributed by atoms with E-state index in [1.54, 1.807) is 57.6 Å². The summed E-state index contributed by atoms with van der Waals surface area (Å²) >= 11 is 0. The molecule has 3 N–H and O–H groups in total. The lowest BCUT2D eigenvalue weighted by Gasteiger charge is -2.47. The molecule has 0 radical (unpaired) electrons. The highest BCUT2D eigenvalue weighted by Gasteiger charge is 2.58. The predicted octanol–water partition coefficient (Wildman–Crippen LogP) is 16.9. The Morgan fingerprint density at radius 2 is 0.694 bits per heavy atom. The number of esters is 3. The number of rotatable bonds is 15. The molecule has 0 unspecified atom stereocenters. The predicted molar refractivity (Wildman–Crippen MR) is 402 cm³/mol. The molecule has 6 aliphatic carbocycles. The van der Waals surface area contributed by atoms with Crippen molar-refractivity contribution < 1.29 is 70.4 Å². The van der Waals surface area contributed by atoms with E-state index in [2.05, 4.69) is 49.1 Å². The molecule has 3 aliphatic heterocycles. The van der Waals surface area contributed by atoms with Crippen LogP contribution in [-0.2, 0) is 42.8 Å². The highest BCUT2D eigenvalue weighted by molar-refractivity contribution is 5.78. The third-order valence-corrected chi connectivity index (χ3v) is 24.5. The van der Waals surface area contributed by atoms with Gasteiger partial charge in [0, 0.05) is 71.2 Å². The van der Waals surface area contributed by atoms with Gasteiger partial charge in [0.05, 0.1) is 54.7 Å². The Morgan fingerprint density at radius 3 is 0.944 bits per heavy atom. The Kier molecular flexibility index (Phi) is 24.6. The number of fused-ring (bicyclic) bond motifs is 6. The second-order valence-corrected chi connectivity index (χ2v) is 30.8. The largest absolute Gasteiger partial charge is 0.462 e. The zero-order valence-electron chi connectivity index (χ0n) is 62.2. The lowest BCUT2D eigenvalue weighted by molar-refractivity contribution is -0.145. The molecule has 570 valence electrons. The van der Waals surface area contributed by atoms with Crippen LogP contribution in [-0.4, -0.2) is 107 Å². The van der Waals surface area contributed by atoms with E-state index < -0.39 is 0 Å². The van der Waals surface area contributed by atoms with Crippen LogP contribution in [0.25, 0.3) is 51.6 Å². The Balaban J connectivity index is 0.000000143. The maximum absolute atomic E-state index is 13.6. The zero-order chi connectivity index (χ0) is 75.7. The van der Waals surface area contributed by atoms with Crippen LogP contribution in [0.2, 0.25) is 0 Å². The van der Waals surface area contributed by atoms with E-state index >= 15 is 0 Å². The maximum Gasteiger partial charge on any atom is 0.407 e. The summed E-state index contributed by atoms with van der Waals surface area (Å²) in [7, 11) is 0. The van der Waals surface area contributed by atoms with Gasteiger partial charge in [-0.1, -0.05) is 72.8 Å². The number of carbonyl (C=O) groups is 6. The monoisotopic (exact) mass is 1480 g/mol. The third-order valence-electron chi connectivity index (χ3n) is 24.5. The van der Waals surface area contributed by atoms with E-state index in [0.717, 1.165) is 128 Å². The summed E-state index contributed by atoms with van der Waals surface area (Å²) < 4.78 is 73.0. The first kappa shape index (κ1) is 76.5. The van der Waals surface area contributed by atoms with Crippen LogP contribution in [0, 0.1) is 106 Å². The molecule has 0 spiro atoms. The Morgan fingerprint density at radius 1 is 0.407 bits per heavy atom. The highest BCUT2D eigenvalue weighted by Crippen LogP contribution is 2.57. The minimum absolute atomic E-state index is 0.0679. The van der Waals surface area contributed by atoms with Gasteiger partial charge in [0.25, 0.3) is 0 Å². The summed E-state index contributed by atoms with van der Waals surface area (Å²) in [6.07, 6.45) is 27.2. The molecular weight excluding hydrogens is 1380 g/mol. The first-order valence-electron chi connectivity index (χ1n) is 38.9. The number of cyclic esters (lactones) is 3. The van der Waals surface area contributed by atoms with Crippen LogP contribution in [0.1, 0.15) is 136 Å². The average Bonchev–Trinajstić information content (AvgIpc) is 1.54. The number of pyridine rings is 3. The van der Waals surface area contributed by atoms with Crippen LogP contribution in [0.5, 0.6) is 0 Å². The molecule has 21 heteroatoms. The van der Waals surface area contributed by atoms with Crippen LogP contribution in [0.4, 0.5) is 27.6 Å². The average molecular weight is 1480 g/mol. The number of allylic oxidation sites excluding steroid dienone is 3. The van der Waals surface area contributed by atoms with Gasteiger partial charge < -0.3 is 44.4 Å². The van der Waals surface area contributed by atoms with Gasteiger partial charge in [-0.25, -0.2) is 27.6 Å². The number of ether oxygens (including phenoxy) is 6. The number of halogens is 3. The summed E-state index contributed by atoms with van der Waals surface area (Å²) in [6, 6.07) is 31.3. The standard InChI is InChI=1S/3C29H33FN2O4/c3*1-3-35-29(34)32-23-10-11-24-20(14-23)15-26-27(17(2)36-28(26)33)25(24)12-9-22-8-7-19(16-31-22)18-5-4-6-21(30)13-18/h3*4-9,12-13,16-17,20,23-27H,3,10-11,14-15H2,1-2H3,(H,32,34)/b3*12-9+/t17-,20+,23-,24-,25-,26+,27+;17-,20-,23+,24+,25-,26+,27-;17-,20-,23+,24-,25+,26-,27-/m100/s1. The third kappa shape index (κ3) is 17.9. The number of aromatic nitrogens is 3. The second-order valence-electron chi connectivity index (χ2n) is 30.8. The molecule has 108 heavy (non-hydrogen) atoms. The molecule has 9 fully saturated rings. The SMILES string of the molecule is CCOC(=O)N[C@@H]1CC[C@@H]2[C@@H](C1)C[C@@H]1C(=O)O[C@H](C)[C@H]1[C@@H]2/C=C/c1ccc(-c2cccc(F)c2)cn1.CCOC(=O)N[C@@H]1CC[C@@H]2[C@@H](C1)C[C@H]1C(=O)O[C@@H](C)[C@H]1[C@H]2/C=C/c1ccc(-c2cccc(F)c2)cn1.CCOC(=O)N[C@@H]1CC[C@H]2[C@@H](C1)C[C@@H]1C(=O)O[C@@H](C)[C@H]1[C@@H]2/C=C/c1ccc(-c2cccc(F)c2)cn1. The number of alkyl carbamates (subject to hydrolysis) is 3. The van der Waals surface area contributed by atoms with E-state index in [1.165, 1.54) is 36.4 Å². The molecule has 6 saturated carbocycles. The van der Waals surface area contributed by atoms with Crippen molar-refractivity contribution in [2.75, 3.05) is 19.8 Å². The van der Waals surface area contributed by atoms with Gasteiger partial charge >= 0.3 is 36.2 Å². The second kappa shape index (κ2) is 34.7. The van der Waals surface area contributed by atoms with E-state index in [0.29, 0.717) is 55.3 Å². The van der Waals surface area contributed by atoms with Gasteiger partial charge in [0.2, 0.25) is 0 Å². The first-order valence-corrected chi connectivity index (χ1v) is 38.9. The van der Waals surface area contributed by atoms with Gasteiger partial charge in [-0.2, -0.15) is 0 Å². The highest BCUT2D eigenvalue weighted by atomic mass is 19.1. The van der Waals surface area contributed by atoms with Gasteiger partial charge in [0.15, 0.2) is 0 Å². The Labute approximate surface area is 630 Å². The summed E-state index contributed by atoms with van der Waals surface area (Å²) in [5.74, 6) is 1.89. The van der Waals surface area contributed by atoms with Gasteiger partial charge in [-0.05, 0) is 261 Å².